The van der Waals surface area contributed by atoms with Crippen LogP contribution in [0, 0.1) is 41.4 Å². The summed E-state index contributed by atoms with van der Waals surface area (Å²) >= 11 is 0. The van der Waals surface area contributed by atoms with Crippen molar-refractivity contribution in [3.63, 3.8) is 0 Å². The van der Waals surface area contributed by atoms with Crippen LogP contribution in [0.3, 0.4) is 0 Å². The quantitative estimate of drug-likeness (QED) is 0.576. The van der Waals surface area contributed by atoms with E-state index in [1.54, 1.807) is 0 Å². The lowest BCUT2D eigenvalue weighted by atomic mass is 9.56. The van der Waals surface area contributed by atoms with Crippen molar-refractivity contribution >= 4 is 0 Å². The lowest BCUT2D eigenvalue weighted by Crippen LogP contribution is -2.43. The predicted molar refractivity (Wildman–Crippen MR) is 77.9 cm³/mol. The van der Waals surface area contributed by atoms with Crippen LogP contribution in [-0.4, -0.2) is 0 Å². The van der Waals surface area contributed by atoms with Gasteiger partial charge in [0.1, 0.15) is 0 Å². The van der Waals surface area contributed by atoms with E-state index >= 15 is 0 Å². The predicted octanol–water partition coefficient (Wildman–Crippen LogP) is 5.40. The molecule has 1 rings (SSSR count). The van der Waals surface area contributed by atoms with Gasteiger partial charge < -0.3 is 0 Å². The highest BCUT2D eigenvalue weighted by molar-refractivity contribution is 4.96. The molecule has 5 atom stereocenters. The highest BCUT2D eigenvalue weighted by Crippen LogP contribution is 2.49. The highest BCUT2D eigenvalue weighted by atomic mass is 14.5. The van der Waals surface area contributed by atoms with Gasteiger partial charge in [0.2, 0.25) is 0 Å². The Morgan fingerprint density at radius 3 is 1.59 bits per heavy atom. The van der Waals surface area contributed by atoms with E-state index < -0.39 is 0 Å². The highest BCUT2D eigenvalue weighted by Gasteiger charge is 2.42. The fourth-order valence-corrected chi connectivity index (χ4v) is 4.34. The molecule has 0 bridgehead atoms. The molecule has 0 aliphatic heterocycles. The second-order valence-electron chi connectivity index (χ2n) is 7.01. The Morgan fingerprint density at radius 2 is 1.24 bits per heavy atom. The van der Waals surface area contributed by atoms with Crippen LogP contribution in [0.15, 0.2) is 12.2 Å². The van der Waals surface area contributed by atoms with Crippen molar-refractivity contribution in [2.24, 2.45) is 41.4 Å². The molecule has 0 N–H and O–H groups in total. The molecular weight excluding hydrogens is 204 g/mol. The first kappa shape index (κ1) is 14.8. The minimum absolute atomic E-state index is 0.787. The van der Waals surface area contributed by atoms with E-state index in [4.69, 9.17) is 0 Å². The molecule has 1 fully saturated rings. The molecule has 1 saturated carbocycles. The summed E-state index contributed by atoms with van der Waals surface area (Å²) in [6.07, 6.45) is 1.20. The summed E-state index contributed by atoms with van der Waals surface area (Å²) < 4.78 is 0. The van der Waals surface area contributed by atoms with Gasteiger partial charge in [-0.1, -0.05) is 47.1 Å². The van der Waals surface area contributed by atoms with Gasteiger partial charge in [0.15, 0.2) is 0 Å². The maximum atomic E-state index is 4.09. The van der Waals surface area contributed by atoms with Gasteiger partial charge >= 0.3 is 0 Å². The lowest BCUT2D eigenvalue weighted by molar-refractivity contribution is -0.00730. The third-order valence-electron chi connectivity index (χ3n) is 5.86. The van der Waals surface area contributed by atoms with Gasteiger partial charge in [-0.25, -0.2) is 0 Å². The van der Waals surface area contributed by atoms with Gasteiger partial charge in [0, 0.05) is 0 Å². The fourth-order valence-electron chi connectivity index (χ4n) is 4.34. The molecule has 100 valence electrons. The fraction of sp³-hybridized carbons (Fsp3) is 0.882. The van der Waals surface area contributed by atoms with Crippen LogP contribution >= 0.6 is 0 Å². The second-order valence-corrected chi connectivity index (χ2v) is 7.01. The summed E-state index contributed by atoms with van der Waals surface area (Å²) in [5.41, 5.74) is 1.34. The number of allylic oxidation sites excluding steroid dienone is 1. The first-order chi connectivity index (χ1) is 7.77. The van der Waals surface area contributed by atoms with E-state index in [9.17, 15) is 0 Å². The SMILES string of the molecule is C=C(C)CC(C)C1C(C)C(C)C(C)C(C)C1C. The minimum atomic E-state index is 0.787. The van der Waals surface area contributed by atoms with Crippen molar-refractivity contribution in [2.75, 3.05) is 0 Å². The first-order valence-corrected chi connectivity index (χ1v) is 7.41. The second kappa shape index (κ2) is 5.59. The van der Waals surface area contributed by atoms with Crippen LogP contribution in [0.5, 0.6) is 0 Å². The molecule has 0 aromatic heterocycles. The molecule has 0 spiro atoms. The number of hydrogen-bond donors (Lipinski definition) is 0. The van der Waals surface area contributed by atoms with Gasteiger partial charge in [-0.2, -0.15) is 0 Å². The molecule has 0 aromatic carbocycles. The number of hydrogen-bond acceptors (Lipinski definition) is 0. The zero-order valence-electron chi connectivity index (χ0n) is 13.0. The Morgan fingerprint density at radius 1 is 0.882 bits per heavy atom. The lowest BCUT2D eigenvalue weighted by Gasteiger charge is -2.49. The van der Waals surface area contributed by atoms with Crippen molar-refractivity contribution in [3.05, 3.63) is 12.2 Å². The maximum Gasteiger partial charge on any atom is -0.0297 e. The summed E-state index contributed by atoms with van der Waals surface area (Å²) in [7, 11) is 0. The maximum absolute atomic E-state index is 4.09. The Kier molecular flexibility index (Phi) is 4.86. The van der Waals surface area contributed by atoms with Gasteiger partial charge in [0.25, 0.3) is 0 Å². The van der Waals surface area contributed by atoms with Crippen LogP contribution in [0.25, 0.3) is 0 Å². The zero-order chi connectivity index (χ0) is 13.3. The minimum Gasteiger partial charge on any atom is -0.100 e. The van der Waals surface area contributed by atoms with E-state index in [-0.39, 0.29) is 0 Å². The van der Waals surface area contributed by atoms with Crippen LogP contribution in [0.1, 0.15) is 54.9 Å². The normalized spacial score (nSPS) is 44.4. The standard InChI is InChI=1S/C17H32/c1-10(2)9-11(3)17-15(7)13(5)12(4)14(6)16(17)8/h11-17H,1,9H2,2-8H3. The van der Waals surface area contributed by atoms with Gasteiger partial charge in [-0.15, -0.1) is 6.58 Å². The summed E-state index contributed by atoms with van der Waals surface area (Å²) in [4.78, 5) is 0. The monoisotopic (exact) mass is 236 g/mol. The Hall–Kier alpha value is -0.260. The van der Waals surface area contributed by atoms with E-state index in [0.717, 1.165) is 41.4 Å². The molecule has 0 aromatic rings. The molecule has 0 heterocycles. The topological polar surface area (TPSA) is 0 Å². The van der Waals surface area contributed by atoms with E-state index in [0.29, 0.717) is 0 Å². The molecule has 1 aliphatic carbocycles. The summed E-state index contributed by atoms with van der Waals surface area (Å²) in [5.74, 6) is 5.95. The van der Waals surface area contributed by atoms with Crippen molar-refractivity contribution < 1.29 is 0 Å². The van der Waals surface area contributed by atoms with E-state index in [2.05, 4.69) is 55.0 Å². The van der Waals surface area contributed by atoms with Gasteiger partial charge in [-0.05, 0) is 54.8 Å². The summed E-state index contributed by atoms with van der Waals surface area (Å²) in [5, 5.41) is 0. The Labute approximate surface area is 109 Å². The zero-order valence-corrected chi connectivity index (χ0v) is 13.0. The molecule has 0 radical (unpaired) electrons. The Balaban J connectivity index is 2.85. The van der Waals surface area contributed by atoms with Crippen molar-refractivity contribution in [3.8, 4) is 0 Å². The molecule has 0 nitrogen and oxygen atoms in total. The van der Waals surface area contributed by atoms with Crippen molar-refractivity contribution in [1.82, 2.24) is 0 Å². The Bertz CT molecular complexity index is 249. The van der Waals surface area contributed by atoms with Gasteiger partial charge in [0.05, 0.1) is 0 Å². The third kappa shape index (κ3) is 2.95. The largest absolute Gasteiger partial charge is 0.100 e. The van der Waals surface area contributed by atoms with Crippen LogP contribution in [-0.2, 0) is 0 Å². The summed E-state index contributed by atoms with van der Waals surface area (Å²) in [6, 6.07) is 0. The molecule has 0 amide bonds. The first-order valence-electron chi connectivity index (χ1n) is 7.41. The van der Waals surface area contributed by atoms with Crippen LogP contribution in [0.2, 0.25) is 0 Å². The average Bonchev–Trinajstić information content (AvgIpc) is 2.23. The molecule has 17 heavy (non-hydrogen) atoms. The number of rotatable bonds is 3. The van der Waals surface area contributed by atoms with E-state index in [1.165, 1.54) is 12.0 Å². The van der Waals surface area contributed by atoms with Crippen molar-refractivity contribution in [1.29, 1.82) is 0 Å². The van der Waals surface area contributed by atoms with E-state index in [1.807, 2.05) is 0 Å². The molecular formula is C17H32. The summed E-state index contributed by atoms with van der Waals surface area (Å²) in [6.45, 7) is 21.0. The average molecular weight is 236 g/mol. The van der Waals surface area contributed by atoms with Crippen molar-refractivity contribution in [2.45, 2.75) is 54.9 Å². The van der Waals surface area contributed by atoms with Gasteiger partial charge in [-0.3, -0.25) is 0 Å². The smallest absolute Gasteiger partial charge is 0.0297 e. The molecule has 0 heteroatoms. The molecule has 1 aliphatic rings. The molecule has 5 unspecified atom stereocenters. The van der Waals surface area contributed by atoms with Crippen LogP contribution in [0.4, 0.5) is 0 Å². The van der Waals surface area contributed by atoms with Crippen LogP contribution < -0.4 is 0 Å². The molecule has 0 saturated heterocycles. The third-order valence-corrected chi connectivity index (χ3v) is 5.86.